The van der Waals surface area contributed by atoms with Crippen molar-refractivity contribution in [2.75, 3.05) is 5.32 Å². The summed E-state index contributed by atoms with van der Waals surface area (Å²) in [6.07, 6.45) is 3.30. The molecule has 3 heterocycles. The summed E-state index contributed by atoms with van der Waals surface area (Å²) in [4.78, 5) is 12.4. The van der Waals surface area contributed by atoms with E-state index in [0.717, 1.165) is 11.3 Å². The molecule has 0 fully saturated rings. The molecule has 0 spiro atoms. The summed E-state index contributed by atoms with van der Waals surface area (Å²) in [7, 11) is 0. The molecular formula is C20H18FN5O2. The van der Waals surface area contributed by atoms with Crippen molar-refractivity contribution >= 4 is 11.7 Å². The number of amides is 1. The summed E-state index contributed by atoms with van der Waals surface area (Å²) in [5.41, 5.74) is 1.42. The number of hydrogen-bond donors (Lipinski definition) is 1. The number of hydrogen-bond acceptors (Lipinski definition) is 4. The van der Waals surface area contributed by atoms with Crippen molar-refractivity contribution in [3.63, 3.8) is 0 Å². The van der Waals surface area contributed by atoms with Crippen LogP contribution in [0, 0.1) is 12.7 Å². The maximum Gasteiger partial charge on any atom is 0.247 e. The Bertz CT molecular complexity index is 1110. The van der Waals surface area contributed by atoms with Crippen molar-refractivity contribution in [1.82, 2.24) is 19.6 Å². The van der Waals surface area contributed by atoms with Gasteiger partial charge < -0.3 is 9.73 Å². The van der Waals surface area contributed by atoms with E-state index in [-0.39, 0.29) is 18.3 Å². The van der Waals surface area contributed by atoms with Crippen LogP contribution in [0.5, 0.6) is 0 Å². The van der Waals surface area contributed by atoms with Gasteiger partial charge in [-0.3, -0.25) is 9.48 Å². The summed E-state index contributed by atoms with van der Waals surface area (Å²) in [6.45, 7) is 2.26. The molecule has 3 aromatic heterocycles. The van der Waals surface area contributed by atoms with E-state index in [1.807, 2.05) is 19.1 Å². The van der Waals surface area contributed by atoms with Crippen molar-refractivity contribution in [1.29, 1.82) is 0 Å². The van der Waals surface area contributed by atoms with E-state index in [1.165, 1.54) is 16.8 Å². The number of benzene rings is 1. The van der Waals surface area contributed by atoms with Gasteiger partial charge in [-0.2, -0.15) is 10.2 Å². The standard InChI is InChI=1S/C20H18FN5O2/c1-14-5-6-18(28-14)17-8-10-25(24-17)13-20(27)23-19-7-9-22-26(19)12-15-3-2-4-16(21)11-15/h2-11H,12-13H2,1H3,(H,23,27). The van der Waals surface area contributed by atoms with Crippen LogP contribution in [0.3, 0.4) is 0 Å². The first-order valence-corrected chi connectivity index (χ1v) is 8.73. The van der Waals surface area contributed by atoms with Crippen LogP contribution in [0.1, 0.15) is 11.3 Å². The molecule has 4 aromatic rings. The van der Waals surface area contributed by atoms with E-state index in [4.69, 9.17) is 4.42 Å². The van der Waals surface area contributed by atoms with Gasteiger partial charge in [-0.25, -0.2) is 9.07 Å². The molecule has 142 valence electrons. The van der Waals surface area contributed by atoms with Crippen molar-refractivity contribution < 1.29 is 13.6 Å². The number of aryl methyl sites for hydroxylation is 1. The number of nitrogens with zero attached hydrogens (tertiary/aromatic N) is 4. The molecule has 4 rings (SSSR count). The molecule has 8 heteroatoms. The lowest BCUT2D eigenvalue weighted by molar-refractivity contribution is -0.116. The first-order chi connectivity index (χ1) is 13.6. The number of aromatic nitrogens is 4. The molecule has 0 bridgehead atoms. The second kappa shape index (κ2) is 7.51. The summed E-state index contributed by atoms with van der Waals surface area (Å²) in [5, 5.41) is 11.4. The number of nitrogens with one attached hydrogen (secondary N) is 1. The molecule has 7 nitrogen and oxygen atoms in total. The molecule has 0 atom stereocenters. The number of carbonyl (C=O) groups is 1. The van der Waals surface area contributed by atoms with Crippen LogP contribution in [0.4, 0.5) is 10.2 Å². The quantitative estimate of drug-likeness (QED) is 0.556. The normalized spacial score (nSPS) is 10.9. The van der Waals surface area contributed by atoms with Gasteiger partial charge in [-0.15, -0.1) is 0 Å². The van der Waals surface area contributed by atoms with Gasteiger partial charge in [0.15, 0.2) is 5.76 Å². The summed E-state index contributed by atoms with van der Waals surface area (Å²) in [5.74, 6) is 1.43. The molecule has 28 heavy (non-hydrogen) atoms. The second-order valence-electron chi connectivity index (χ2n) is 6.36. The fraction of sp³-hybridized carbons (Fsp3) is 0.150. The van der Waals surface area contributed by atoms with E-state index >= 15 is 0 Å². The fourth-order valence-electron chi connectivity index (χ4n) is 2.86. The summed E-state index contributed by atoms with van der Waals surface area (Å²) >= 11 is 0. The monoisotopic (exact) mass is 379 g/mol. The molecule has 0 aliphatic heterocycles. The highest BCUT2D eigenvalue weighted by Gasteiger charge is 2.11. The van der Waals surface area contributed by atoms with Gasteiger partial charge in [-0.1, -0.05) is 12.1 Å². The van der Waals surface area contributed by atoms with Crippen molar-refractivity contribution in [2.24, 2.45) is 0 Å². The average molecular weight is 379 g/mol. The zero-order chi connectivity index (χ0) is 19.5. The Kier molecular flexibility index (Phi) is 4.76. The van der Waals surface area contributed by atoms with Crippen LogP contribution in [0.2, 0.25) is 0 Å². The second-order valence-corrected chi connectivity index (χ2v) is 6.36. The van der Waals surface area contributed by atoms with Crippen LogP contribution in [0.25, 0.3) is 11.5 Å². The zero-order valence-corrected chi connectivity index (χ0v) is 15.2. The van der Waals surface area contributed by atoms with Gasteiger partial charge >= 0.3 is 0 Å². The summed E-state index contributed by atoms with van der Waals surface area (Å²) < 4.78 is 22.0. The molecule has 0 saturated heterocycles. The SMILES string of the molecule is Cc1ccc(-c2ccn(CC(=O)Nc3ccnn3Cc3cccc(F)c3)n2)o1. The minimum atomic E-state index is -0.309. The largest absolute Gasteiger partial charge is 0.460 e. The Labute approximate surface area is 160 Å². The maximum atomic E-state index is 13.4. The third kappa shape index (κ3) is 4.01. The van der Waals surface area contributed by atoms with Crippen molar-refractivity contribution in [2.45, 2.75) is 20.0 Å². The molecule has 1 aromatic carbocycles. The molecule has 1 N–H and O–H groups in total. The first kappa shape index (κ1) is 17.7. The number of halogens is 1. The van der Waals surface area contributed by atoms with Gasteiger partial charge in [-0.05, 0) is 42.8 Å². The Morgan fingerprint density at radius 3 is 2.89 bits per heavy atom. The summed E-state index contributed by atoms with van der Waals surface area (Å²) in [6, 6.07) is 13.5. The average Bonchev–Trinajstić information content (AvgIpc) is 3.38. The number of furan rings is 1. The van der Waals surface area contributed by atoms with Crippen molar-refractivity contribution in [3.8, 4) is 11.5 Å². The van der Waals surface area contributed by atoms with Crippen molar-refractivity contribution in [3.05, 3.63) is 78.1 Å². The van der Waals surface area contributed by atoms with E-state index in [2.05, 4.69) is 15.5 Å². The highest BCUT2D eigenvalue weighted by Crippen LogP contribution is 2.19. The fourth-order valence-corrected chi connectivity index (χ4v) is 2.86. The number of rotatable bonds is 6. The smallest absolute Gasteiger partial charge is 0.247 e. The van der Waals surface area contributed by atoms with Crippen LogP contribution in [-0.4, -0.2) is 25.5 Å². The predicted octanol–water partition coefficient (Wildman–Crippen LogP) is 3.47. The van der Waals surface area contributed by atoms with E-state index in [1.54, 1.807) is 41.3 Å². The Balaban J connectivity index is 1.41. The minimum absolute atomic E-state index is 0.0465. The molecule has 0 aliphatic carbocycles. The van der Waals surface area contributed by atoms with Gasteiger partial charge in [0.25, 0.3) is 0 Å². The number of carbonyl (C=O) groups excluding carboxylic acids is 1. The van der Waals surface area contributed by atoms with Gasteiger partial charge in [0.05, 0.1) is 12.7 Å². The Morgan fingerprint density at radius 2 is 2.11 bits per heavy atom. The zero-order valence-electron chi connectivity index (χ0n) is 15.2. The molecule has 1 amide bonds. The molecule has 0 aliphatic rings. The lowest BCUT2D eigenvalue weighted by atomic mass is 10.2. The lowest BCUT2D eigenvalue weighted by Gasteiger charge is -2.09. The Morgan fingerprint density at radius 1 is 1.21 bits per heavy atom. The highest BCUT2D eigenvalue weighted by molar-refractivity contribution is 5.89. The number of anilines is 1. The van der Waals surface area contributed by atoms with E-state index in [0.29, 0.717) is 23.8 Å². The van der Waals surface area contributed by atoms with Crippen LogP contribution < -0.4 is 5.32 Å². The topological polar surface area (TPSA) is 77.9 Å². The predicted molar refractivity (Wildman–Crippen MR) is 101 cm³/mol. The van der Waals surface area contributed by atoms with Gasteiger partial charge in [0, 0.05) is 12.3 Å². The minimum Gasteiger partial charge on any atom is -0.460 e. The molecule has 0 radical (unpaired) electrons. The van der Waals surface area contributed by atoms with E-state index < -0.39 is 0 Å². The molecule has 0 unspecified atom stereocenters. The van der Waals surface area contributed by atoms with Gasteiger partial charge in [0.1, 0.15) is 29.6 Å². The van der Waals surface area contributed by atoms with Gasteiger partial charge in [0.2, 0.25) is 5.91 Å². The molecular weight excluding hydrogens is 361 g/mol. The maximum absolute atomic E-state index is 13.4. The van der Waals surface area contributed by atoms with Crippen LogP contribution >= 0.6 is 0 Å². The van der Waals surface area contributed by atoms with Crippen LogP contribution in [0.15, 0.2) is 65.3 Å². The highest BCUT2D eigenvalue weighted by atomic mass is 19.1. The third-order valence-electron chi connectivity index (χ3n) is 4.14. The third-order valence-corrected chi connectivity index (χ3v) is 4.14. The lowest BCUT2D eigenvalue weighted by Crippen LogP contribution is -2.21. The van der Waals surface area contributed by atoms with E-state index in [9.17, 15) is 9.18 Å². The first-order valence-electron chi connectivity index (χ1n) is 8.73. The Hall–Kier alpha value is -3.68. The molecule has 0 saturated carbocycles. The van der Waals surface area contributed by atoms with Crippen LogP contribution in [-0.2, 0) is 17.9 Å².